The Morgan fingerprint density at radius 2 is 2.26 bits per heavy atom. The van der Waals surface area contributed by atoms with Gasteiger partial charge >= 0.3 is 5.97 Å². The monoisotopic (exact) mass is 272 g/mol. The van der Waals surface area contributed by atoms with Crippen molar-refractivity contribution in [1.82, 2.24) is 10.2 Å². The molecule has 0 amide bonds. The van der Waals surface area contributed by atoms with Crippen LogP contribution in [0.3, 0.4) is 0 Å². The van der Waals surface area contributed by atoms with Crippen LogP contribution in [0.15, 0.2) is 0 Å². The predicted molar refractivity (Wildman–Crippen MR) is 75.2 cm³/mol. The minimum Gasteiger partial charge on any atom is -0.465 e. The number of nitrogens with zero attached hydrogens (tertiary/aromatic N) is 1. The Balaban J connectivity index is 2.64. The van der Waals surface area contributed by atoms with E-state index in [1.165, 1.54) is 0 Å². The van der Waals surface area contributed by atoms with Crippen LogP contribution in [0.25, 0.3) is 0 Å². The van der Waals surface area contributed by atoms with Crippen molar-refractivity contribution in [1.29, 1.82) is 0 Å². The van der Waals surface area contributed by atoms with Gasteiger partial charge in [0.15, 0.2) is 0 Å². The Bertz CT molecular complexity index is 286. The SMILES string of the molecule is CCOC(=O)C(C)(CN1CCCOC(CC)C1)NC. The molecule has 0 aromatic heterocycles. The van der Waals surface area contributed by atoms with Crippen molar-refractivity contribution in [3.05, 3.63) is 0 Å². The smallest absolute Gasteiger partial charge is 0.327 e. The van der Waals surface area contributed by atoms with Crippen molar-refractivity contribution in [3.63, 3.8) is 0 Å². The number of ether oxygens (including phenoxy) is 2. The number of nitrogens with one attached hydrogen (secondary N) is 1. The standard InChI is InChI=1S/C14H28N2O3/c1-5-12-10-16(8-7-9-19-12)11-14(3,15-4)13(17)18-6-2/h12,15H,5-11H2,1-4H3. The highest BCUT2D eigenvalue weighted by Crippen LogP contribution is 2.14. The Kier molecular flexibility index (Phi) is 6.75. The highest BCUT2D eigenvalue weighted by Gasteiger charge is 2.35. The number of rotatable bonds is 6. The van der Waals surface area contributed by atoms with Crippen molar-refractivity contribution in [3.8, 4) is 0 Å². The number of esters is 1. The summed E-state index contributed by atoms with van der Waals surface area (Å²) in [5, 5.41) is 3.11. The van der Waals surface area contributed by atoms with Crippen molar-refractivity contribution in [2.45, 2.75) is 45.3 Å². The summed E-state index contributed by atoms with van der Waals surface area (Å²) in [4.78, 5) is 14.4. The summed E-state index contributed by atoms with van der Waals surface area (Å²) in [5.74, 6) is -0.185. The summed E-state index contributed by atoms with van der Waals surface area (Å²) < 4.78 is 10.9. The zero-order valence-corrected chi connectivity index (χ0v) is 12.7. The second-order valence-corrected chi connectivity index (χ2v) is 5.29. The maximum Gasteiger partial charge on any atom is 0.327 e. The zero-order chi connectivity index (χ0) is 14.3. The predicted octanol–water partition coefficient (Wildman–Crippen LogP) is 1.03. The van der Waals surface area contributed by atoms with Crippen LogP contribution >= 0.6 is 0 Å². The van der Waals surface area contributed by atoms with Crippen LogP contribution in [0.2, 0.25) is 0 Å². The van der Waals surface area contributed by atoms with Crippen LogP contribution in [0.4, 0.5) is 0 Å². The van der Waals surface area contributed by atoms with E-state index in [-0.39, 0.29) is 12.1 Å². The fourth-order valence-electron chi connectivity index (χ4n) is 2.34. The van der Waals surface area contributed by atoms with Gasteiger partial charge in [-0.3, -0.25) is 9.69 Å². The highest BCUT2D eigenvalue weighted by molar-refractivity contribution is 5.80. The molecule has 1 saturated heterocycles. The van der Waals surface area contributed by atoms with Crippen molar-refractivity contribution in [2.75, 3.05) is 39.9 Å². The Hall–Kier alpha value is -0.650. The molecule has 112 valence electrons. The fraction of sp³-hybridized carbons (Fsp3) is 0.929. The van der Waals surface area contributed by atoms with E-state index in [2.05, 4.69) is 17.1 Å². The number of hydrogen-bond donors (Lipinski definition) is 1. The van der Waals surface area contributed by atoms with Gasteiger partial charge < -0.3 is 14.8 Å². The summed E-state index contributed by atoms with van der Waals surface area (Å²) in [6, 6.07) is 0. The van der Waals surface area contributed by atoms with Crippen molar-refractivity contribution >= 4 is 5.97 Å². The number of likely N-dealkylation sites (N-methyl/N-ethyl adjacent to an activating group) is 1. The van der Waals surface area contributed by atoms with E-state index in [4.69, 9.17) is 9.47 Å². The number of carbonyl (C=O) groups is 1. The quantitative estimate of drug-likeness (QED) is 0.732. The second kappa shape index (κ2) is 7.82. The molecule has 5 heteroatoms. The van der Waals surface area contributed by atoms with E-state index in [0.29, 0.717) is 13.2 Å². The van der Waals surface area contributed by atoms with Gasteiger partial charge in [-0.25, -0.2) is 0 Å². The zero-order valence-electron chi connectivity index (χ0n) is 12.7. The van der Waals surface area contributed by atoms with Crippen LogP contribution in [0.5, 0.6) is 0 Å². The van der Waals surface area contributed by atoms with E-state index in [1.54, 1.807) is 0 Å². The number of carbonyl (C=O) groups excluding carboxylic acids is 1. The van der Waals surface area contributed by atoms with Crippen LogP contribution < -0.4 is 5.32 Å². The molecule has 1 N–H and O–H groups in total. The molecule has 0 radical (unpaired) electrons. The van der Waals surface area contributed by atoms with E-state index < -0.39 is 5.54 Å². The first kappa shape index (κ1) is 16.4. The van der Waals surface area contributed by atoms with Crippen LogP contribution in [0.1, 0.15) is 33.6 Å². The summed E-state index contributed by atoms with van der Waals surface area (Å²) in [7, 11) is 1.81. The molecule has 1 rings (SSSR count). The minimum absolute atomic E-state index is 0.185. The van der Waals surface area contributed by atoms with Gasteiger partial charge in [-0.15, -0.1) is 0 Å². The van der Waals surface area contributed by atoms with Gasteiger partial charge in [-0.2, -0.15) is 0 Å². The maximum atomic E-state index is 12.1. The molecular formula is C14H28N2O3. The first-order valence-corrected chi connectivity index (χ1v) is 7.25. The average molecular weight is 272 g/mol. The first-order valence-electron chi connectivity index (χ1n) is 7.25. The molecule has 1 aliphatic rings. The molecule has 0 bridgehead atoms. The molecule has 5 nitrogen and oxygen atoms in total. The Morgan fingerprint density at radius 3 is 2.84 bits per heavy atom. The fourth-order valence-corrected chi connectivity index (χ4v) is 2.34. The van der Waals surface area contributed by atoms with Crippen molar-refractivity contribution in [2.24, 2.45) is 0 Å². The lowest BCUT2D eigenvalue weighted by Crippen LogP contribution is -2.57. The van der Waals surface area contributed by atoms with E-state index in [0.717, 1.165) is 32.5 Å². The molecule has 0 aliphatic carbocycles. The maximum absolute atomic E-state index is 12.1. The van der Waals surface area contributed by atoms with Crippen LogP contribution in [-0.4, -0.2) is 62.4 Å². The minimum atomic E-state index is -0.654. The summed E-state index contributed by atoms with van der Waals surface area (Å²) in [6.07, 6.45) is 2.29. The molecule has 2 unspecified atom stereocenters. The van der Waals surface area contributed by atoms with Crippen LogP contribution in [0, 0.1) is 0 Å². The molecule has 0 aromatic carbocycles. The molecule has 0 aromatic rings. The largest absolute Gasteiger partial charge is 0.465 e. The topological polar surface area (TPSA) is 50.8 Å². The summed E-state index contributed by atoms with van der Waals surface area (Å²) in [6.45, 7) is 9.60. The normalized spacial score (nSPS) is 24.5. The van der Waals surface area contributed by atoms with Gasteiger partial charge in [0.2, 0.25) is 0 Å². The lowest BCUT2D eigenvalue weighted by molar-refractivity contribution is -0.151. The van der Waals surface area contributed by atoms with Gasteiger partial charge in [0.1, 0.15) is 5.54 Å². The highest BCUT2D eigenvalue weighted by atomic mass is 16.5. The van der Waals surface area contributed by atoms with Gasteiger partial charge in [-0.1, -0.05) is 6.92 Å². The van der Waals surface area contributed by atoms with E-state index in [1.807, 2.05) is 20.9 Å². The van der Waals surface area contributed by atoms with Crippen LogP contribution in [-0.2, 0) is 14.3 Å². The molecule has 19 heavy (non-hydrogen) atoms. The summed E-state index contributed by atoms with van der Waals surface area (Å²) in [5.41, 5.74) is -0.654. The Labute approximate surface area is 116 Å². The molecule has 0 saturated carbocycles. The molecular weight excluding hydrogens is 244 g/mol. The average Bonchev–Trinajstić information content (AvgIpc) is 2.63. The molecule has 2 atom stereocenters. The third kappa shape index (κ3) is 4.75. The number of hydrogen-bond acceptors (Lipinski definition) is 5. The van der Waals surface area contributed by atoms with Crippen molar-refractivity contribution < 1.29 is 14.3 Å². The molecule has 1 aliphatic heterocycles. The van der Waals surface area contributed by atoms with E-state index >= 15 is 0 Å². The van der Waals surface area contributed by atoms with Gasteiger partial charge in [0.05, 0.1) is 12.7 Å². The lowest BCUT2D eigenvalue weighted by atomic mass is 10.0. The van der Waals surface area contributed by atoms with Gasteiger partial charge in [0, 0.05) is 26.2 Å². The first-order chi connectivity index (χ1) is 9.05. The molecule has 0 spiro atoms. The molecule has 1 fully saturated rings. The Morgan fingerprint density at radius 1 is 1.53 bits per heavy atom. The summed E-state index contributed by atoms with van der Waals surface area (Å²) >= 11 is 0. The third-order valence-electron chi connectivity index (χ3n) is 3.71. The molecule has 1 heterocycles. The lowest BCUT2D eigenvalue weighted by Gasteiger charge is -2.33. The second-order valence-electron chi connectivity index (χ2n) is 5.29. The van der Waals surface area contributed by atoms with Gasteiger partial charge in [0.25, 0.3) is 0 Å². The van der Waals surface area contributed by atoms with Gasteiger partial charge in [-0.05, 0) is 33.7 Å². The van der Waals surface area contributed by atoms with E-state index in [9.17, 15) is 4.79 Å². The third-order valence-corrected chi connectivity index (χ3v) is 3.71.